The van der Waals surface area contributed by atoms with Crippen LogP contribution in [-0.2, 0) is 15.4 Å². The van der Waals surface area contributed by atoms with E-state index in [9.17, 15) is 8.42 Å². The topological polar surface area (TPSA) is 73.9 Å². The number of benzene rings is 3. The minimum Gasteiger partial charge on any atom is -0.493 e. The molecule has 3 aromatic carbocycles. The third-order valence-corrected chi connectivity index (χ3v) is 6.76. The molecule has 7 heteroatoms. The second-order valence-corrected chi connectivity index (χ2v) is 10.4. The Morgan fingerprint density at radius 2 is 1.38 bits per heavy atom. The molecular weight excluding hydrogens is 450 g/mol. The highest BCUT2D eigenvalue weighted by molar-refractivity contribution is 7.92. The molecule has 3 aromatic rings. The maximum atomic E-state index is 13.0. The molecule has 0 amide bonds. The third-order valence-electron chi connectivity index (χ3n) is 5.38. The Labute approximate surface area is 202 Å². The van der Waals surface area contributed by atoms with Crippen LogP contribution in [0.5, 0.6) is 17.2 Å². The van der Waals surface area contributed by atoms with Crippen LogP contribution in [0, 0.1) is 0 Å². The van der Waals surface area contributed by atoms with Crippen molar-refractivity contribution in [2.75, 3.05) is 26.1 Å². The molecule has 3 rings (SSSR count). The molecule has 34 heavy (non-hydrogen) atoms. The maximum absolute atomic E-state index is 13.0. The highest BCUT2D eigenvalue weighted by Gasteiger charge is 2.18. The van der Waals surface area contributed by atoms with E-state index in [1.54, 1.807) is 45.6 Å². The zero-order chi connectivity index (χ0) is 24.9. The molecule has 0 saturated heterocycles. The fourth-order valence-corrected chi connectivity index (χ4v) is 4.54. The van der Waals surface area contributed by atoms with E-state index in [1.165, 1.54) is 0 Å². The summed E-state index contributed by atoms with van der Waals surface area (Å²) < 4.78 is 45.0. The second kappa shape index (κ2) is 10.2. The highest BCUT2D eigenvalue weighted by Crippen LogP contribution is 2.38. The molecule has 0 aliphatic rings. The first-order valence-corrected chi connectivity index (χ1v) is 12.3. The fraction of sp³-hybridized carbons (Fsp3) is 0.259. The van der Waals surface area contributed by atoms with Crippen molar-refractivity contribution in [1.82, 2.24) is 0 Å². The lowest BCUT2D eigenvalue weighted by molar-refractivity contribution is 0.324. The number of ether oxygens (including phenoxy) is 3. The second-order valence-electron chi connectivity index (χ2n) is 8.76. The molecule has 0 saturated carbocycles. The molecule has 0 aliphatic heterocycles. The summed E-state index contributed by atoms with van der Waals surface area (Å²) in [5.74, 6) is 1.58. The van der Waals surface area contributed by atoms with E-state index >= 15 is 0 Å². The monoisotopic (exact) mass is 481 g/mol. The summed E-state index contributed by atoms with van der Waals surface area (Å²) in [5, 5.41) is 0. The summed E-state index contributed by atoms with van der Waals surface area (Å²) in [4.78, 5) is 0.212. The van der Waals surface area contributed by atoms with Crippen molar-refractivity contribution in [3.05, 3.63) is 77.4 Å². The van der Waals surface area contributed by atoms with E-state index in [0.29, 0.717) is 28.5 Å². The molecule has 0 aromatic heterocycles. The quantitative estimate of drug-likeness (QED) is 0.401. The van der Waals surface area contributed by atoms with Crippen molar-refractivity contribution >= 4 is 27.9 Å². The number of hydrogen-bond donors (Lipinski definition) is 1. The van der Waals surface area contributed by atoms with Gasteiger partial charge < -0.3 is 14.2 Å². The molecule has 1 N–H and O–H groups in total. The first-order valence-electron chi connectivity index (χ1n) is 10.8. The van der Waals surface area contributed by atoms with Crippen LogP contribution in [-0.4, -0.2) is 29.7 Å². The van der Waals surface area contributed by atoms with Gasteiger partial charge in [0, 0.05) is 0 Å². The Morgan fingerprint density at radius 3 is 1.91 bits per heavy atom. The lowest BCUT2D eigenvalue weighted by atomic mass is 9.87. The Hall–Kier alpha value is -3.45. The van der Waals surface area contributed by atoms with Crippen molar-refractivity contribution in [2.45, 2.75) is 31.1 Å². The van der Waals surface area contributed by atoms with Crippen molar-refractivity contribution in [2.24, 2.45) is 0 Å². The minimum atomic E-state index is -3.75. The lowest BCUT2D eigenvalue weighted by Gasteiger charge is -2.19. The first kappa shape index (κ1) is 25.2. The van der Waals surface area contributed by atoms with Gasteiger partial charge >= 0.3 is 0 Å². The maximum Gasteiger partial charge on any atom is 0.261 e. The molecule has 0 heterocycles. The van der Waals surface area contributed by atoms with Crippen molar-refractivity contribution in [3.8, 4) is 17.2 Å². The third kappa shape index (κ3) is 5.72. The molecule has 0 spiro atoms. The molecule has 0 unspecified atom stereocenters. The minimum absolute atomic E-state index is 0.0556. The summed E-state index contributed by atoms with van der Waals surface area (Å²) in [5.41, 5.74) is 3.02. The molecule has 0 atom stereocenters. The zero-order valence-corrected chi connectivity index (χ0v) is 21.2. The van der Waals surface area contributed by atoms with Gasteiger partial charge in [-0.05, 0) is 52.4 Å². The highest BCUT2D eigenvalue weighted by atomic mass is 32.2. The number of rotatable bonds is 8. The molecule has 0 aliphatic carbocycles. The lowest BCUT2D eigenvalue weighted by Crippen LogP contribution is -2.15. The van der Waals surface area contributed by atoms with E-state index in [4.69, 9.17) is 14.2 Å². The first-order chi connectivity index (χ1) is 16.1. The van der Waals surface area contributed by atoms with E-state index in [1.807, 2.05) is 48.6 Å². The number of sulfonamides is 1. The average Bonchev–Trinajstić information content (AvgIpc) is 2.82. The van der Waals surface area contributed by atoms with Crippen LogP contribution in [0.4, 0.5) is 5.69 Å². The Morgan fingerprint density at radius 1 is 0.794 bits per heavy atom. The van der Waals surface area contributed by atoms with E-state index in [2.05, 4.69) is 25.5 Å². The SMILES string of the molecule is COc1cc(/C=C\c2ccccc2NS(=O)(=O)c2ccc(C(C)(C)C)cc2)cc(OC)c1OC. The fourth-order valence-electron chi connectivity index (χ4n) is 3.46. The van der Waals surface area contributed by atoms with Crippen LogP contribution in [0.1, 0.15) is 37.5 Å². The Bertz CT molecular complexity index is 1250. The smallest absolute Gasteiger partial charge is 0.261 e. The number of nitrogens with one attached hydrogen (secondary N) is 1. The number of hydrogen-bond acceptors (Lipinski definition) is 5. The van der Waals surface area contributed by atoms with Crippen LogP contribution >= 0.6 is 0 Å². The van der Waals surface area contributed by atoms with Gasteiger partial charge in [0.15, 0.2) is 11.5 Å². The molecule has 180 valence electrons. The molecule has 6 nitrogen and oxygen atoms in total. The van der Waals surface area contributed by atoms with Gasteiger partial charge in [-0.3, -0.25) is 4.72 Å². The molecule has 0 bridgehead atoms. The number of anilines is 1. The average molecular weight is 482 g/mol. The van der Waals surface area contributed by atoms with Gasteiger partial charge in [0.2, 0.25) is 5.75 Å². The zero-order valence-electron chi connectivity index (χ0n) is 20.4. The Kier molecular flexibility index (Phi) is 7.57. The van der Waals surface area contributed by atoms with E-state index in [-0.39, 0.29) is 10.3 Å². The summed E-state index contributed by atoms with van der Waals surface area (Å²) in [6, 6.07) is 17.8. The largest absolute Gasteiger partial charge is 0.493 e. The summed E-state index contributed by atoms with van der Waals surface area (Å²) >= 11 is 0. The normalized spacial score (nSPS) is 11.9. The van der Waals surface area contributed by atoms with Crippen molar-refractivity contribution in [3.63, 3.8) is 0 Å². The van der Waals surface area contributed by atoms with E-state index < -0.39 is 10.0 Å². The number of methoxy groups -OCH3 is 3. The van der Waals surface area contributed by atoms with Crippen LogP contribution in [0.25, 0.3) is 12.2 Å². The Balaban J connectivity index is 1.90. The van der Waals surface area contributed by atoms with Crippen LogP contribution in [0.15, 0.2) is 65.6 Å². The van der Waals surface area contributed by atoms with Crippen LogP contribution in [0.3, 0.4) is 0 Å². The summed E-state index contributed by atoms with van der Waals surface area (Å²) in [6.07, 6.45) is 3.69. The predicted octanol–water partition coefficient (Wildman–Crippen LogP) is 5.98. The predicted molar refractivity (Wildman–Crippen MR) is 137 cm³/mol. The van der Waals surface area contributed by atoms with Gasteiger partial charge in [-0.2, -0.15) is 0 Å². The van der Waals surface area contributed by atoms with Gasteiger partial charge in [0.1, 0.15) is 0 Å². The standard InChI is InChI=1S/C27H31NO5S/c1-27(2,3)21-13-15-22(16-14-21)34(29,30)28-23-10-8-7-9-20(23)12-11-19-17-24(31-4)26(33-6)25(18-19)32-5/h7-18,28H,1-6H3/b12-11-. The van der Waals surface area contributed by atoms with Gasteiger partial charge in [0.25, 0.3) is 10.0 Å². The van der Waals surface area contributed by atoms with Gasteiger partial charge in [-0.15, -0.1) is 0 Å². The van der Waals surface area contributed by atoms with Gasteiger partial charge in [-0.1, -0.05) is 63.3 Å². The number of para-hydroxylation sites is 1. The molecule has 0 radical (unpaired) electrons. The summed E-state index contributed by atoms with van der Waals surface area (Å²) in [6.45, 7) is 6.27. The molecule has 0 fully saturated rings. The summed E-state index contributed by atoms with van der Waals surface area (Å²) in [7, 11) is 0.916. The van der Waals surface area contributed by atoms with Gasteiger partial charge in [-0.25, -0.2) is 8.42 Å². The van der Waals surface area contributed by atoms with Gasteiger partial charge in [0.05, 0.1) is 31.9 Å². The van der Waals surface area contributed by atoms with Crippen molar-refractivity contribution < 1.29 is 22.6 Å². The van der Waals surface area contributed by atoms with E-state index in [0.717, 1.165) is 11.1 Å². The van der Waals surface area contributed by atoms with Crippen molar-refractivity contribution in [1.29, 1.82) is 0 Å². The van der Waals surface area contributed by atoms with Crippen LogP contribution in [0.2, 0.25) is 0 Å². The molecular formula is C27H31NO5S. The van der Waals surface area contributed by atoms with Crippen LogP contribution < -0.4 is 18.9 Å².